The van der Waals surface area contributed by atoms with Crippen molar-refractivity contribution in [3.8, 4) is 0 Å². The van der Waals surface area contributed by atoms with Gasteiger partial charge in [-0.05, 0) is 16.7 Å². The van der Waals surface area contributed by atoms with Gasteiger partial charge < -0.3 is 9.47 Å². The average Bonchev–Trinajstić information content (AvgIpc) is 2.64. The summed E-state index contributed by atoms with van der Waals surface area (Å²) in [5.74, 6) is -0.469. The van der Waals surface area contributed by atoms with Gasteiger partial charge >= 0.3 is 0 Å². The highest BCUT2D eigenvalue weighted by Gasteiger charge is 2.40. The molecule has 0 amide bonds. The minimum absolute atomic E-state index is 0.0604. The van der Waals surface area contributed by atoms with E-state index in [9.17, 15) is 9.59 Å². The number of benzene rings is 2. The number of carbonyl (C=O) groups is 2. The van der Waals surface area contributed by atoms with E-state index in [0.717, 1.165) is 11.1 Å². The van der Waals surface area contributed by atoms with E-state index in [4.69, 9.17) is 9.47 Å². The molecule has 1 heterocycles. The zero-order valence-corrected chi connectivity index (χ0v) is 13.0. The summed E-state index contributed by atoms with van der Waals surface area (Å²) in [6.45, 7) is 0.276. The number of hydrogen-bond donors (Lipinski definition) is 0. The van der Waals surface area contributed by atoms with Gasteiger partial charge in [-0.2, -0.15) is 0 Å². The molecule has 0 spiro atoms. The maximum Gasteiger partial charge on any atom is 0.232 e. The summed E-state index contributed by atoms with van der Waals surface area (Å²) in [4.78, 5) is 26.0. The lowest BCUT2D eigenvalue weighted by Crippen LogP contribution is -2.27. The zero-order chi connectivity index (χ0) is 16.7. The van der Waals surface area contributed by atoms with Crippen LogP contribution in [0.2, 0.25) is 0 Å². The molecule has 0 N–H and O–H groups in total. The fourth-order valence-corrected chi connectivity index (χ4v) is 3.14. The first-order valence-corrected chi connectivity index (χ1v) is 7.61. The first kappa shape index (κ1) is 14.5. The normalized spacial score (nSPS) is 16.5. The van der Waals surface area contributed by atoms with E-state index in [0.29, 0.717) is 11.1 Å². The molecule has 0 fully saturated rings. The molecule has 4 heteroatoms. The number of allylic oxidation sites excluding steroid dienone is 2. The topological polar surface area (TPSA) is 52.6 Å². The Labute approximate surface area is 139 Å². The van der Waals surface area contributed by atoms with Crippen molar-refractivity contribution in [1.82, 2.24) is 0 Å². The Morgan fingerprint density at radius 3 is 2.33 bits per heavy atom. The van der Waals surface area contributed by atoms with E-state index in [-0.39, 0.29) is 35.3 Å². The van der Waals surface area contributed by atoms with Gasteiger partial charge in [-0.25, -0.2) is 0 Å². The molecule has 4 rings (SSSR count). The number of fused-ring (bicyclic) bond motifs is 2. The van der Waals surface area contributed by atoms with Crippen LogP contribution in [0.3, 0.4) is 0 Å². The molecule has 4 nitrogen and oxygen atoms in total. The molecular weight excluding hydrogens is 304 g/mol. The van der Waals surface area contributed by atoms with Gasteiger partial charge in [0, 0.05) is 0 Å². The van der Waals surface area contributed by atoms with Gasteiger partial charge in [0.2, 0.25) is 11.6 Å². The molecule has 0 saturated carbocycles. The van der Waals surface area contributed by atoms with E-state index in [1.54, 1.807) is 12.1 Å². The van der Waals surface area contributed by atoms with Gasteiger partial charge in [0.1, 0.15) is 6.61 Å². The third kappa shape index (κ3) is 2.00. The summed E-state index contributed by atoms with van der Waals surface area (Å²) in [7, 11) is 1.41. The van der Waals surface area contributed by atoms with E-state index < -0.39 is 0 Å². The average molecular weight is 318 g/mol. The molecule has 0 bridgehead atoms. The maximum atomic E-state index is 13.0. The predicted molar refractivity (Wildman–Crippen MR) is 88.5 cm³/mol. The van der Waals surface area contributed by atoms with E-state index in [2.05, 4.69) is 0 Å². The fraction of sp³-hybridized carbons (Fsp3) is 0.100. The fourth-order valence-electron chi connectivity index (χ4n) is 3.14. The second-order valence-corrected chi connectivity index (χ2v) is 5.58. The molecule has 118 valence electrons. The molecule has 24 heavy (non-hydrogen) atoms. The molecule has 1 aliphatic heterocycles. The van der Waals surface area contributed by atoms with Gasteiger partial charge in [-0.3, -0.25) is 9.59 Å². The highest BCUT2D eigenvalue weighted by Crippen LogP contribution is 2.40. The summed E-state index contributed by atoms with van der Waals surface area (Å²) in [5, 5.41) is 0. The van der Waals surface area contributed by atoms with E-state index >= 15 is 0 Å². The van der Waals surface area contributed by atoms with Crippen LogP contribution in [0, 0.1) is 0 Å². The van der Waals surface area contributed by atoms with Gasteiger partial charge in [0.25, 0.3) is 0 Å². The van der Waals surface area contributed by atoms with Crippen molar-refractivity contribution in [2.75, 3.05) is 7.11 Å². The Hall–Kier alpha value is -3.14. The van der Waals surface area contributed by atoms with Crippen LogP contribution in [-0.4, -0.2) is 18.7 Å². The summed E-state index contributed by atoms with van der Waals surface area (Å²) < 4.78 is 11.0. The van der Waals surface area contributed by atoms with Crippen LogP contribution in [0.4, 0.5) is 0 Å². The van der Waals surface area contributed by atoms with E-state index in [1.165, 1.54) is 7.11 Å². The molecule has 0 radical (unpaired) electrons. The minimum atomic E-state index is -0.321. The number of hydrogen-bond acceptors (Lipinski definition) is 4. The predicted octanol–water partition coefficient (Wildman–Crippen LogP) is 3.14. The molecule has 0 atom stereocenters. The quantitative estimate of drug-likeness (QED) is 0.798. The summed E-state index contributed by atoms with van der Waals surface area (Å²) in [5.41, 5.74) is 2.80. The lowest BCUT2D eigenvalue weighted by atomic mass is 9.83. The number of Topliss-reactive ketones (excluding diaryl/α,β-unsaturated/α-hetero) is 2. The lowest BCUT2D eigenvalue weighted by molar-refractivity contribution is -0.118. The molecule has 2 aromatic rings. The Morgan fingerprint density at radius 1 is 0.875 bits per heavy atom. The van der Waals surface area contributed by atoms with Crippen molar-refractivity contribution in [2.24, 2.45) is 0 Å². The van der Waals surface area contributed by atoms with Crippen molar-refractivity contribution in [1.29, 1.82) is 0 Å². The van der Waals surface area contributed by atoms with Crippen LogP contribution < -0.4 is 0 Å². The van der Waals surface area contributed by atoms with Gasteiger partial charge in [-0.1, -0.05) is 54.6 Å². The van der Waals surface area contributed by atoms with Crippen LogP contribution in [-0.2, 0) is 25.7 Å². The molecular formula is C20H14O4. The second kappa shape index (κ2) is 5.49. The smallest absolute Gasteiger partial charge is 0.232 e. The van der Waals surface area contributed by atoms with Crippen molar-refractivity contribution in [2.45, 2.75) is 6.61 Å². The van der Waals surface area contributed by atoms with Gasteiger partial charge in [-0.15, -0.1) is 0 Å². The van der Waals surface area contributed by atoms with Crippen LogP contribution in [0.5, 0.6) is 0 Å². The van der Waals surface area contributed by atoms with Crippen LogP contribution in [0.15, 0.2) is 66.1 Å². The number of carbonyl (C=O) groups excluding carboxylic acids is 2. The number of ketones is 2. The standard InChI is InChI=1S/C20H14O4/c1-23-19-15(12-7-3-2-4-8-12)17(21)20-16(18(19)22)14-10-6-5-9-13(14)11-24-20/h2-10H,11H2,1H3. The largest absolute Gasteiger partial charge is 0.492 e. The van der Waals surface area contributed by atoms with Crippen LogP contribution >= 0.6 is 0 Å². The molecule has 0 unspecified atom stereocenters. The van der Waals surface area contributed by atoms with Crippen LogP contribution in [0.1, 0.15) is 16.7 Å². The Kier molecular flexibility index (Phi) is 3.31. The van der Waals surface area contributed by atoms with Crippen molar-refractivity contribution < 1.29 is 19.1 Å². The Balaban J connectivity index is 1.94. The van der Waals surface area contributed by atoms with Gasteiger partial charge in [0.15, 0.2) is 11.5 Å². The highest BCUT2D eigenvalue weighted by atomic mass is 16.5. The molecule has 1 aliphatic carbocycles. The second-order valence-electron chi connectivity index (χ2n) is 5.58. The van der Waals surface area contributed by atoms with Crippen molar-refractivity contribution in [3.05, 3.63) is 82.8 Å². The summed E-state index contributed by atoms with van der Waals surface area (Å²) in [6.07, 6.45) is 0. The summed E-state index contributed by atoms with van der Waals surface area (Å²) >= 11 is 0. The number of rotatable bonds is 2. The van der Waals surface area contributed by atoms with Crippen molar-refractivity contribution >= 4 is 22.7 Å². The number of methoxy groups -OCH3 is 1. The van der Waals surface area contributed by atoms with Gasteiger partial charge in [0.05, 0.1) is 18.3 Å². The van der Waals surface area contributed by atoms with Crippen LogP contribution in [0.25, 0.3) is 11.1 Å². The van der Waals surface area contributed by atoms with Crippen molar-refractivity contribution in [3.63, 3.8) is 0 Å². The third-order valence-electron chi connectivity index (χ3n) is 4.25. The maximum absolute atomic E-state index is 13.0. The SMILES string of the molecule is COC1=C(c2ccccc2)C(=O)C2=C(C1=O)c1ccccc1CO2. The Morgan fingerprint density at radius 2 is 1.58 bits per heavy atom. The Bertz CT molecular complexity index is 898. The number of ether oxygens (including phenoxy) is 2. The molecule has 0 saturated heterocycles. The zero-order valence-electron chi connectivity index (χ0n) is 13.0. The van der Waals surface area contributed by atoms with E-state index in [1.807, 2.05) is 42.5 Å². The summed E-state index contributed by atoms with van der Waals surface area (Å²) in [6, 6.07) is 16.5. The molecule has 2 aromatic carbocycles. The lowest BCUT2D eigenvalue weighted by Gasteiger charge is -2.27. The first-order valence-electron chi connectivity index (χ1n) is 7.61. The minimum Gasteiger partial charge on any atom is -0.492 e. The third-order valence-corrected chi connectivity index (χ3v) is 4.25. The highest BCUT2D eigenvalue weighted by molar-refractivity contribution is 6.47. The first-order chi connectivity index (χ1) is 11.7. The molecule has 0 aromatic heterocycles. The monoisotopic (exact) mass is 318 g/mol. The molecule has 2 aliphatic rings.